The molecule has 0 saturated heterocycles. The summed E-state index contributed by atoms with van der Waals surface area (Å²) in [5.74, 6) is -0.268. The maximum atomic E-state index is 12.8. The Bertz CT molecular complexity index is 1080. The van der Waals surface area contributed by atoms with Gasteiger partial charge in [-0.05, 0) is 31.5 Å². The van der Waals surface area contributed by atoms with Crippen molar-refractivity contribution in [2.45, 2.75) is 13.8 Å². The van der Waals surface area contributed by atoms with Crippen molar-refractivity contribution >= 4 is 28.0 Å². The number of nitrogens with zero attached hydrogens (tertiary/aromatic N) is 5. The Morgan fingerprint density at radius 2 is 2.16 bits per heavy atom. The molecule has 0 aliphatic rings. The lowest BCUT2D eigenvalue weighted by molar-refractivity contribution is 0.102. The summed E-state index contributed by atoms with van der Waals surface area (Å²) in [6.45, 7) is 3.86. The zero-order valence-electron chi connectivity index (χ0n) is 13.6. The van der Waals surface area contributed by atoms with Gasteiger partial charge < -0.3 is 0 Å². The molecule has 0 aliphatic carbocycles. The number of hydrogen-bond acceptors (Lipinski definition) is 6. The van der Waals surface area contributed by atoms with Crippen LogP contribution in [0.5, 0.6) is 0 Å². The first-order valence-electron chi connectivity index (χ1n) is 7.60. The van der Waals surface area contributed by atoms with E-state index in [1.165, 1.54) is 11.3 Å². The second-order valence-electron chi connectivity index (χ2n) is 5.58. The predicted octanol–water partition coefficient (Wildman–Crippen LogP) is 3.12. The van der Waals surface area contributed by atoms with Crippen molar-refractivity contribution in [3.05, 3.63) is 59.1 Å². The molecule has 0 aromatic carbocycles. The number of aromatic nitrogens is 5. The largest absolute Gasteiger partial charge is 0.298 e. The minimum atomic E-state index is -0.268. The van der Waals surface area contributed by atoms with Crippen LogP contribution in [0.2, 0.25) is 0 Å². The molecule has 4 aromatic heterocycles. The van der Waals surface area contributed by atoms with Crippen molar-refractivity contribution in [1.29, 1.82) is 0 Å². The summed E-state index contributed by atoms with van der Waals surface area (Å²) in [5, 5.41) is 9.81. The average Bonchev–Trinajstić information content (AvgIpc) is 3.23. The Morgan fingerprint density at radius 3 is 2.92 bits per heavy atom. The Balaban J connectivity index is 1.81. The number of pyridine rings is 1. The lowest BCUT2D eigenvalue weighted by Crippen LogP contribution is -2.14. The fraction of sp³-hybridized carbons (Fsp3) is 0.118. The topological polar surface area (TPSA) is 85.1 Å². The lowest BCUT2D eigenvalue weighted by atomic mass is 10.1. The van der Waals surface area contributed by atoms with Crippen LogP contribution in [0.3, 0.4) is 0 Å². The minimum Gasteiger partial charge on any atom is -0.298 e. The number of carbonyl (C=O) groups is 1. The number of amides is 1. The molecule has 1 amide bonds. The van der Waals surface area contributed by atoms with E-state index in [9.17, 15) is 4.79 Å². The van der Waals surface area contributed by atoms with Gasteiger partial charge in [0, 0.05) is 35.7 Å². The molecule has 124 valence electrons. The van der Waals surface area contributed by atoms with Gasteiger partial charge in [0.1, 0.15) is 0 Å². The summed E-state index contributed by atoms with van der Waals surface area (Å²) in [5.41, 5.74) is 4.37. The predicted molar refractivity (Wildman–Crippen MR) is 95.8 cm³/mol. The van der Waals surface area contributed by atoms with E-state index in [-0.39, 0.29) is 5.91 Å². The third-order valence-corrected chi connectivity index (χ3v) is 4.63. The Labute approximate surface area is 147 Å². The number of thiazole rings is 1. The van der Waals surface area contributed by atoms with Crippen LogP contribution in [0.25, 0.3) is 16.9 Å². The highest BCUT2D eigenvalue weighted by molar-refractivity contribution is 7.13. The second kappa shape index (κ2) is 6.06. The minimum absolute atomic E-state index is 0.268. The van der Waals surface area contributed by atoms with Gasteiger partial charge >= 0.3 is 0 Å². The molecule has 0 atom stereocenters. The van der Waals surface area contributed by atoms with Gasteiger partial charge in [-0.3, -0.25) is 15.1 Å². The van der Waals surface area contributed by atoms with E-state index >= 15 is 0 Å². The molecule has 0 radical (unpaired) electrons. The molecule has 0 spiro atoms. The molecular weight excluding hydrogens is 336 g/mol. The van der Waals surface area contributed by atoms with E-state index in [1.807, 2.05) is 25.3 Å². The van der Waals surface area contributed by atoms with Crippen LogP contribution < -0.4 is 5.32 Å². The molecule has 1 N–H and O–H groups in total. The van der Waals surface area contributed by atoms with Crippen LogP contribution in [-0.4, -0.2) is 30.5 Å². The third-order valence-electron chi connectivity index (χ3n) is 3.76. The number of aryl methyl sites for hydroxylation is 2. The first kappa shape index (κ1) is 15.4. The normalized spacial score (nSPS) is 11.0. The maximum absolute atomic E-state index is 12.8. The number of rotatable bonds is 3. The van der Waals surface area contributed by atoms with Crippen molar-refractivity contribution in [3.8, 4) is 11.3 Å². The molecule has 0 bridgehead atoms. The summed E-state index contributed by atoms with van der Waals surface area (Å²) < 4.78 is 1.60. The van der Waals surface area contributed by atoms with Gasteiger partial charge in [0.25, 0.3) is 5.91 Å². The van der Waals surface area contributed by atoms with Crippen LogP contribution in [0, 0.1) is 13.8 Å². The van der Waals surface area contributed by atoms with Gasteiger partial charge in [-0.15, -0.1) is 11.3 Å². The molecular formula is C17H14N6OS. The summed E-state index contributed by atoms with van der Waals surface area (Å²) in [6, 6.07) is 3.65. The van der Waals surface area contributed by atoms with Gasteiger partial charge in [0.2, 0.25) is 0 Å². The van der Waals surface area contributed by atoms with E-state index < -0.39 is 0 Å². The second-order valence-corrected chi connectivity index (χ2v) is 6.44. The van der Waals surface area contributed by atoms with Crippen LogP contribution in [0.15, 0.2) is 42.3 Å². The lowest BCUT2D eigenvalue weighted by Gasteiger charge is -2.08. The molecule has 4 rings (SSSR count). The fourth-order valence-corrected chi connectivity index (χ4v) is 3.21. The first-order chi connectivity index (χ1) is 12.1. The molecule has 4 heterocycles. The molecule has 4 aromatic rings. The van der Waals surface area contributed by atoms with Gasteiger partial charge in [-0.2, -0.15) is 5.10 Å². The zero-order valence-corrected chi connectivity index (χ0v) is 14.4. The van der Waals surface area contributed by atoms with Crippen LogP contribution in [0.4, 0.5) is 5.13 Å². The monoisotopic (exact) mass is 350 g/mol. The first-order valence-corrected chi connectivity index (χ1v) is 8.48. The van der Waals surface area contributed by atoms with E-state index in [0.717, 1.165) is 16.8 Å². The van der Waals surface area contributed by atoms with Crippen LogP contribution in [-0.2, 0) is 0 Å². The molecule has 0 unspecified atom stereocenters. The molecule has 8 heteroatoms. The molecule has 0 fully saturated rings. The van der Waals surface area contributed by atoms with Crippen molar-refractivity contribution in [2.75, 3.05) is 5.32 Å². The third kappa shape index (κ3) is 2.87. The van der Waals surface area contributed by atoms with Gasteiger partial charge in [-0.25, -0.2) is 14.5 Å². The van der Waals surface area contributed by atoms with Crippen LogP contribution >= 0.6 is 11.3 Å². The smallest absolute Gasteiger partial charge is 0.261 e. The number of hydrogen-bond donors (Lipinski definition) is 1. The molecule has 0 aliphatic heterocycles. The highest BCUT2D eigenvalue weighted by Crippen LogP contribution is 2.23. The van der Waals surface area contributed by atoms with E-state index in [4.69, 9.17) is 0 Å². The number of nitrogens with one attached hydrogen (secondary N) is 1. The zero-order chi connectivity index (χ0) is 17.4. The van der Waals surface area contributed by atoms with Gasteiger partial charge in [0.05, 0.1) is 17.0 Å². The van der Waals surface area contributed by atoms with Crippen molar-refractivity contribution in [1.82, 2.24) is 24.6 Å². The highest BCUT2D eigenvalue weighted by Gasteiger charge is 2.17. The summed E-state index contributed by atoms with van der Waals surface area (Å²) in [6.07, 6.45) is 6.81. The highest BCUT2D eigenvalue weighted by atomic mass is 32.1. The van der Waals surface area contributed by atoms with E-state index in [0.29, 0.717) is 22.0 Å². The number of anilines is 1. The summed E-state index contributed by atoms with van der Waals surface area (Å²) in [4.78, 5) is 25.4. The van der Waals surface area contributed by atoms with Crippen molar-refractivity contribution in [2.24, 2.45) is 0 Å². The summed E-state index contributed by atoms with van der Waals surface area (Å²) in [7, 11) is 0. The Kier molecular flexibility index (Phi) is 3.73. The average molecular weight is 350 g/mol. The quantitative estimate of drug-likeness (QED) is 0.613. The number of carbonyl (C=O) groups excluding carboxylic acids is 1. The van der Waals surface area contributed by atoms with Crippen molar-refractivity contribution < 1.29 is 4.79 Å². The molecule has 25 heavy (non-hydrogen) atoms. The molecule has 7 nitrogen and oxygen atoms in total. The van der Waals surface area contributed by atoms with E-state index in [2.05, 4.69) is 25.4 Å². The van der Waals surface area contributed by atoms with E-state index in [1.54, 1.807) is 35.4 Å². The van der Waals surface area contributed by atoms with Crippen molar-refractivity contribution in [3.63, 3.8) is 0 Å². The summed E-state index contributed by atoms with van der Waals surface area (Å²) >= 11 is 1.39. The van der Waals surface area contributed by atoms with Gasteiger partial charge in [0.15, 0.2) is 10.8 Å². The Morgan fingerprint density at radius 1 is 1.28 bits per heavy atom. The maximum Gasteiger partial charge on any atom is 0.261 e. The fourth-order valence-electron chi connectivity index (χ4n) is 2.52. The Hall–Kier alpha value is -3.13. The number of imidazole rings is 1. The molecule has 0 saturated carbocycles. The van der Waals surface area contributed by atoms with Gasteiger partial charge in [-0.1, -0.05) is 0 Å². The number of fused-ring (bicyclic) bond motifs is 1. The SMILES string of the molecule is Cc1csc(NC(=O)c2cc(-c3cnccc3C)nn3ccnc23)n1. The standard InChI is InChI=1S/C17H14N6OS/c1-10-3-4-18-8-13(10)14-7-12(15-19-5-6-23(15)22-14)16(24)21-17-20-11(2)9-25-17/h3-9H,1-2H3,(H,20,21,24). The van der Waals surface area contributed by atoms with Crippen LogP contribution in [0.1, 0.15) is 21.6 Å².